The first-order chi connectivity index (χ1) is 17.7. The number of amides is 1. The van der Waals surface area contributed by atoms with Gasteiger partial charge in [-0.3, -0.25) is 4.79 Å². The molecule has 8 heteroatoms. The van der Waals surface area contributed by atoms with Crippen LogP contribution in [-0.4, -0.2) is 47.8 Å². The molecule has 0 N–H and O–H groups in total. The smallest absolute Gasteiger partial charge is 0.410 e. The van der Waals surface area contributed by atoms with Gasteiger partial charge in [0.05, 0.1) is 15.6 Å². The van der Waals surface area contributed by atoms with Crippen molar-refractivity contribution in [2.45, 2.75) is 26.4 Å². The van der Waals surface area contributed by atoms with E-state index >= 15 is 0 Å². The van der Waals surface area contributed by atoms with Gasteiger partial charge in [-0.25, -0.2) is 9.78 Å². The van der Waals surface area contributed by atoms with Gasteiger partial charge in [0, 0.05) is 37.8 Å². The number of nitrogens with zero attached hydrogens (tertiary/aromatic N) is 3. The second-order valence-electron chi connectivity index (χ2n) is 10.3. The number of aromatic nitrogens is 1. The van der Waals surface area contributed by atoms with E-state index in [1.807, 2.05) is 75.4 Å². The maximum Gasteiger partial charge on any atom is 0.410 e. The standard InChI is InChI=1S/C29H27N3O4S/c1-29(2,3)36-28(34)32-12-10-31(11-13-32)27-30-22-9-8-20(16-26(22)37-27)24-17-23(33)21-14-18-6-4-5-7-19(18)15-25(21)35-24/h4-9,14-17H,10-13H2,1-3H3. The summed E-state index contributed by atoms with van der Waals surface area (Å²) >= 11 is 1.60. The lowest BCUT2D eigenvalue weighted by atomic mass is 10.1. The van der Waals surface area contributed by atoms with Crippen molar-refractivity contribution in [3.8, 4) is 11.3 Å². The molecule has 3 heterocycles. The highest BCUT2D eigenvalue weighted by Gasteiger charge is 2.27. The zero-order valence-corrected chi connectivity index (χ0v) is 21.8. The Labute approximate surface area is 217 Å². The highest BCUT2D eigenvalue weighted by atomic mass is 32.1. The Morgan fingerprint density at radius 1 is 0.973 bits per heavy atom. The number of carbonyl (C=O) groups is 1. The molecule has 1 aliphatic rings. The molecule has 0 radical (unpaired) electrons. The molecule has 0 atom stereocenters. The van der Waals surface area contributed by atoms with Crippen LogP contribution in [0.15, 0.2) is 69.9 Å². The highest BCUT2D eigenvalue weighted by molar-refractivity contribution is 7.22. The van der Waals surface area contributed by atoms with Crippen LogP contribution in [0.3, 0.4) is 0 Å². The molecule has 1 fully saturated rings. The van der Waals surface area contributed by atoms with Crippen molar-refractivity contribution >= 4 is 54.5 Å². The molecule has 0 bridgehead atoms. The van der Waals surface area contributed by atoms with Crippen molar-refractivity contribution in [3.63, 3.8) is 0 Å². The van der Waals surface area contributed by atoms with Crippen LogP contribution >= 0.6 is 11.3 Å². The van der Waals surface area contributed by atoms with Crippen molar-refractivity contribution in [2.75, 3.05) is 31.1 Å². The number of rotatable bonds is 2. The van der Waals surface area contributed by atoms with Crippen molar-refractivity contribution in [3.05, 3.63) is 70.9 Å². The normalized spacial score (nSPS) is 14.6. The van der Waals surface area contributed by atoms with Gasteiger partial charge in [0.2, 0.25) is 0 Å². The molecule has 1 saturated heterocycles. The third kappa shape index (κ3) is 4.64. The van der Waals surface area contributed by atoms with Gasteiger partial charge >= 0.3 is 6.09 Å². The number of hydrogen-bond acceptors (Lipinski definition) is 7. The lowest BCUT2D eigenvalue weighted by Crippen LogP contribution is -2.50. The lowest BCUT2D eigenvalue weighted by molar-refractivity contribution is 0.0240. The molecule has 1 aliphatic heterocycles. The molecule has 0 saturated carbocycles. The van der Waals surface area contributed by atoms with Crippen molar-refractivity contribution < 1.29 is 13.9 Å². The molecule has 0 spiro atoms. The molecule has 3 aromatic carbocycles. The first-order valence-electron chi connectivity index (χ1n) is 12.3. The maximum atomic E-state index is 12.9. The van der Waals surface area contributed by atoms with E-state index in [2.05, 4.69) is 4.90 Å². The van der Waals surface area contributed by atoms with Gasteiger partial charge in [0.25, 0.3) is 0 Å². The fourth-order valence-corrected chi connectivity index (χ4v) is 5.65. The minimum Gasteiger partial charge on any atom is -0.456 e. The molecule has 2 aromatic heterocycles. The van der Waals surface area contributed by atoms with Crippen LogP contribution in [0, 0.1) is 0 Å². The van der Waals surface area contributed by atoms with E-state index < -0.39 is 5.60 Å². The third-order valence-corrected chi connectivity index (χ3v) is 7.54. The van der Waals surface area contributed by atoms with E-state index in [0.29, 0.717) is 42.9 Å². The number of piperazine rings is 1. The van der Waals surface area contributed by atoms with E-state index in [9.17, 15) is 9.59 Å². The van der Waals surface area contributed by atoms with Crippen LogP contribution in [0.1, 0.15) is 20.8 Å². The highest BCUT2D eigenvalue weighted by Crippen LogP contribution is 2.33. The number of benzene rings is 3. The third-order valence-electron chi connectivity index (χ3n) is 6.46. The quantitative estimate of drug-likeness (QED) is 0.259. The van der Waals surface area contributed by atoms with E-state index in [1.54, 1.807) is 22.3 Å². The monoisotopic (exact) mass is 513 g/mol. The predicted molar refractivity (Wildman–Crippen MR) is 149 cm³/mol. The number of thiazole rings is 1. The average molecular weight is 514 g/mol. The summed E-state index contributed by atoms with van der Waals surface area (Å²) in [5.41, 5.74) is 1.75. The first-order valence-corrected chi connectivity index (χ1v) is 13.2. The Kier molecular flexibility index (Phi) is 5.64. The predicted octanol–water partition coefficient (Wildman–Crippen LogP) is 6.28. The number of carbonyl (C=O) groups excluding carboxylic acids is 1. The Hall–Kier alpha value is -3.91. The molecule has 37 heavy (non-hydrogen) atoms. The van der Waals surface area contributed by atoms with Gasteiger partial charge in [-0.2, -0.15) is 0 Å². The molecular formula is C29H27N3O4S. The molecule has 6 rings (SSSR count). The van der Waals surface area contributed by atoms with Gasteiger partial charge in [-0.05, 0) is 61.9 Å². The summed E-state index contributed by atoms with van der Waals surface area (Å²) in [4.78, 5) is 34.1. The van der Waals surface area contributed by atoms with E-state index in [-0.39, 0.29) is 11.5 Å². The SMILES string of the molecule is CC(C)(C)OC(=O)N1CCN(c2nc3ccc(-c4cc(=O)c5cc6ccccc6cc5o4)cc3s2)CC1. The average Bonchev–Trinajstić information content (AvgIpc) is 3.30. The Balaban J connectivity index is 1.25. The molecule has 0 aliphatic carbocycles. The Morgan fingerprint density at radius 2 is 1.70 bits per heavy atom. The first kappa shape index (κ1) is 23.5. The van der Waals surface area contributed by atoms with E-state index in [4.69, 9.17) is 14.1 Å². The number of hydrogen-bond donors (Lipinski definition) is 0. The van der Waals surface area contributed by atoms with Crippen LogP contribution in [-0.2, 0) is 4.74 Å². The fourth-order valence-electron chi connectivity index (χ4n) is 4.59. The number of fused-ring (bicyclic) bond motifs is 3. The van der Waals surface area contributed by atoms with Crippen molar-refractivity contribution in [1.29, 1.82) is 0 Å². The van der Waals surface area contributed by atoms with Crippen LogP contribution in [0.5, 0.6) is 0 Å². The van der Waals surface area contributed by atoms with Gasteiger partial charge in [-0.15, -0.1) is 0 Å². The zero-order chi connectivity index (χ0) is 25.7. The second-order valence-corrected chi connectivity index (χ2v) is 11.3. The molecular weight excluding hydrogens is 486 g/mol. The minimum atomic E-state index is -0.503. The van der Waals surface area contributed by atoms with Gasteiger partial charge in [0.1, 0.15) is 16.9 Å². The van der Waals surface area contributed by atoms with Crippen LogP contribution in [0.25, 0.3) is 43.3 Å². The summed E-state index contributed by atoms with van der Waals surface area (Å²) in [5.74, 6) is 0.538. The van der Waals surface area contributed by atoms with E-state index in [0.717, 1.165) is 31.7 Å². The summed E-state index contributed by atoms with van der Waals surface area (Å²) in [5, 5.41) is 3.54. The van der Waals surface area contributed by atoms with Crippen molar-refractivity contribution in [2.24, 2.45) is 0 Å². The second kappa shape index (κ2) is 8.88. The number of ether oxygens (including phenoxy) is 1. The van der Waals surface area contributed by atoms with Crippen LogP contribution in [0.4, 0.5) is 9.93 Å². The summed E-state index contributed by atoms with van der Waals surface area (Å²) in [6.45, 7) is 8.20. The maximum absolute atomic E-state index is 12.9. The Bertz CT molecular complexity index is 1710. The van der Waals surface area contributed by atoms with Gasteiger partial charge < -0.3 is 19.0 Å². The fraction of sp³-hybridized carbons (Fsp3) is 0.276. The van der Waals surface area contributed by atoms with Crippen LogP contribution in [0.2, 0.25) is 0 Å². The zero-order valence-electron chi connectivity index (χ0n) is 21.0. The molecule has 5 aromatic rings. The number of anilines is 1. The topological polar surface area (TPSA) is 75.9 Å². The molecule has 0 unspecified atom stereocenters. The summed E-state index contributed by atoms with van der Waals surface area (Å²) in [6, 6.07) is 19.3. The Morgan fingerprint density at radius 3 is 2.43 bits per heavy atom. The van der Waals surface area contributed by atoms with Gasteiger partial charge in [-0.1, -0.05) is 35.6 Å². The summed E-state index contributed by atoms with van der Waals surface area (Å²) < 4.78 is 12.7. The molecule has 7 nitrogen and oxygen atoms in total. The largest absolute Gasteiger partial charge is 0.456 e. The lowest BCUT2D eigenvalue weighted by Gasteiger charge is -2.35. The minimum absolute atomic E-state index is 0.0602. The van der Waals surface area contributed by atoms with Crippen LogP contribution < -0.4 is 10.3 Å². The summed E-state index contributed by atoms with van der Waals surface area (Å²) in [6.07, 6.45) is -0.272. The summed E-state index contributed by atoms with van der Waals surface area (Å²) in [7, 11) is 0. The van der Waals surface area contributed by atoms with Gasteiger partial charge in [0.15, 0.2) is 10.6 Å². The molecule has 1 amide bonds. The molecule has 188 valence electrons. The van der Waals surface area contributed by atoms with Crippen molar-refractivity contribution in [1.82, 2.24) is 9.88 Å². The van der Waals surface area contributed by atoms with E-state index in [1.165, 1.54) is 0 Å².